The number of aromatic nitrogens is 2. The zero-order valence-corrected chi connectivity index (χ0v) is 19.4. The molecule has 2 aliphatic rings. The molecular weight excluding hydrogens is 400 g/mol. The minimum Gasteiger partial charge on any atom is -0.444 e. The van der Waals surface area contributed by atoms with Gasteiger partial charge in [0, 0.05) is 45.7 Å². The Morgan fingerprint density at radius 3 is 2.55 bits per heavy atom. The molecule has 10 heteroatoms. The Balaban J connectivity index is 1.92. The van der Waals surface area contributed by atoms with Crippen LogP contribution in [0, 0.1) is 5.92 Å². The molecule has 0 aromatic carbocycles. The highest BCUT2D eigenvalue weighted by Gasteiger charge is 2.39. The molecular formula is C21H32N6O4. The third kappa shape index (κ3) is 4.88. The summed E-state index contributed by atoms with van der Waals surface area (Å²) in [5, 5.41) is 4.66. The summed E-state index contributed by atoms with van der Waals surface area (Å²) >= 11 is 0. The average molecular weight is 433 g/mol. The molecule has 10 nitrogen and oxygen atoms in total. The number of hydrogen-bond donors (Lipinski definition) is 0. The van der Waals surface area contributed by atoms with Gasteiger partial charge >= 0.3 is 6.09 Å². The molecule has 0 radical (unpaired) electrons. The van der Waals surface area contributed by atoms with Gasteiger partial charge in [0.1, 0.15) is 11.3 Å². The zero-order chi connectivity index (χ0) is 23.1. The number of aliphatic imine (C=N–C) groups is 1. The van der Waals surface area contributed by atoms with Crippen LogP contribution in [0.3, 0.4) is 0 Å². The molecule has 0 fully saturated rings. The third-order valence-electron chi connectivity index (χ3n) is 5.31. The van der Waals surface area contributed by atoms with Gasteiger partial charge in [-0.1, -0.05) is 0 Å². The molecule has 3 rings (SSSR count). The van der Waals surface area contributed by atoms with E-state index in [-0.39, 0.29) is 37.5 Å². The van der Waals surface area contributed by atoms with E-state index in [1.165, 1.54) is 11.2 Å². The van der Waals surface area contributed by atoms with E-state index in [9.17, 15) is 14.4 Å². The van der Waals surface area contributed by atoms with Gasteiger partial charge in [-0.2, -0.15) is 5.10 Å². The molecule has 1 aromatic heterocycles. The second-order valence-electron chi connectivity index (χ2n) is 9.55. The van der Waals surface area contributed by atoms with Crippen molar-refractivity contribution >= 4 is 24.2 Å². The normalized spacial score (nSPS) is 21.6. The molecule has 0 spiro atoms. The minimum atomic E-state index is -0.607. The first-order valence-electron chi connectivity index (χ1n) is 10.5. The third-order valence-corrected chi connectivity index (χ3v) is 5.31. The Bertz CT molecular complexity index is 914. The first-order chi connectivity index (χ1) is 14.4. The molecule has 170 valence electrons. The van der Waals surface area contributed by atoms with Gasteiger partial charge in [0.25, 0.3) is 11.8 Å². The Morgan fingerprint density at radius 1 is 1.26 bits per heavy atom. The highest BCUT2D eigenvalue weighted by Crippen LogP contribution is 2.30. The topological polar surface area (TPSA) is 100 Å². The standard InChI is InChI=1S/C21H32N6O4/c1-13-8-16-15(11-26(13)20(30)31-21(2,3)4)17-19(29)25(7)9-14(10-27(17)23-16)18(28)22-12-24(5)6/h12-14H,8-11H2,1-7H3. The number of rotatable bonds is 2. The van der Waals surface area contributed by atoms with E-state index in [1.54, 1.807) is 35.6 Å². The lowest BCUT2D eigenvalue weighted by atomic mass is 9.99. The SMILES string of the molecule is CC1Cc2nn3c(c2CN1C(=O)OC(C)(C)C)C(=O)N(C)CC(C(=O)N=CN(C)C)C3. The van der Waals surface area contributed by atoms with Crippen molar-refractivity contribution in [1.82, 2.24) is 24.5 Å². The van der Waals surface area contributed by atoms with Gasteiger partial charge in [-0.25, -0.2) is 9.79 Å². The second kappa shape index (κ2) is 8.32. The van der Waals surface area contributed by atoms with Crippen LogP contribution in [0.5, 0.6) is 0 Å². The average Bonchev–Trinajstić information content (AvgIpc) is 2.93. The summed E-state index contributed by atoms with van der Waals surface area (Å²) in [5.74, 6) is -0.995. The Morgan fingerprint density at radius 2 is 1.94 bits per heavy atom. The fraction of sp³-hybridized carbons (Fsp3) is 0.667. The van der Waals surface area contributed by atoms with Crippen LogP contribution in [-0.4, -0.2) is 88.1 Å². The highest BCUT2D eigenvalue weighted by molar-refractivity contribution is 5.95. The van der Waals surface area contributed by atoms with Crippen LogP contribution < -0.4 is 0 Å². The van der Waals surface area contributed by atoms with Gasteiger partial charge < -0.3 is 19.4 Å². The van der Waals surface area contributed by atoms with E-state index in [0.29, 0.717) is 12.1 Å². The zero-order valence-electron chi connectivity index (χ0n) is 19.4. The molecule has 2 atom stereocenters. The number of nitrogens with zero attached hydrogens (tertiary/aromatic N) is 6. The maximum Gasteiger partial charge on any atom is 0.410 e. The number of hydrogen-bond acceptors (Lipinski definition) is 5. The molecule has 0 aliphatic carbocycles. The second-order valence-corrected chi connectivity index (χ2v) is 9.55. The van der Waals surface area contributed by atoms with Crippen LogP contribution in [0.4, 0.5) is 4.79 Å². The van der Waals surface area contributed by atoms with Gasteiger partial charge in [0.05, 0.1) is 31.0 Å². The molecule has 31 heavy (non-hydrogen) atoms. The van der Waals surface area contributed by atoms with Gasteiger partial charge in [-0.05, 0) is 27.7 Å². The van der Waals surface area contributed by atoms with Crippen LogP contribution >= 0.6 is 0 Å². The van der Waals surface area contributed by atoms with Gasteiger partial charge in [0.15, 0.2) is 0 Å². The largest absolute Gasteiger partial charge is 0.444 e. The van der Waals surface area contributed by atoms with Crippen LogP contribution in [0.25, 0.3) is 0 Å². The molecule has 0 saturated carbocycles. The molecule has 3 amide bonds. The molecule has 0 N–H and O–H groups in total. The van der Waals surface area contributed by atoms with Gasteiger partial charge in [-0.3, -0.25) is 14.3 Å². The van der Waals surface area contributed by atoms with Crippen LogP contribution in [0.1, 0.15) is 49.4 Å². The van der Waals surface area contributed by atoms with Crippen molar-refractivity contribution in [2.45, 2.75) is 58.8 Å². The van der Waals surface area contributed by atoms with E-state index in [2.05, 4.69) is 10.1 Å². The maximum absolute atomic E-state index is 13.2. The first kappa shape index (κ1) is 22.8. The molecule has 0 bridgehead atoms. The molecule has 1 aromatic rings. The minimum absolute atomic E-state index is 0.114. The fourth-order valence-corrected chi connectivity index (χ4v) is 3.83. The van der Waals surface area contributed by atoms with Crippen molar-refractivity contribution in [3.05, 3.63) is 17.0 Å². The van der Waals surface area contributed by atoms with Crippen molar-refractivity contribution in [1.29, 1.82) is 0 Å². The number of carbonyl (C=O) groups is 3. The summed E-state index contributed by atoms with van der Waals surface area (Å²) in [6.07, 6.45) is 1.57. The van der Waals surface area contributed by atoms with Gasteiger partial charge in [0.2, 0.25) is 0 Å². The summed E-state index contributed by atoms with van der Waals surface area (Å²) < 4.78 is 7.17. The van der Waals surface area contributed by atoms with E-state index in [1.807, 2.05) is 27.7 Å². The van der Waals surface area contributed by atoms with Crippen LogP contribution in [-0.2, 0) is 29.0 Å². The van der Waals surface area contributed by atoms with Crippen molar-refractivity contribution < 1.29 is 19.1 Å². The van der Waals surface area contributed by atoms with E-state index in [0.717, 1.165) is 11.3 Å². The quantitative estimate of drug-likeness (QED) is 0.517. The Hall–Kier alpha value is -2.91. The van der Waals surface area contributed by atoms with Crippen LogP contribution in [0.2, 0.25) is 0 Å². The molecule has 3 heterocycles. The van der Waals surface area contributed by atoms with E-state index in [4.69, 9.17) is 4.74 Å². The summed E-state index contributed by atoms with van der Waals surface area (Å²) in [6, 6.07) is -0.114. The predicted molar refractivity (Wildman–Crippen MR) is 115 cm³/mol. The van der Waals surface area contributed by atoms with Crippen LogP contribution in [0.15, 0.2) is 4.99 Å². The number of fused-ring (bicyclic) bond motifs is 3. The summed E-state index contributed by atoms with van der Waals surface area (Å²) in [7, 11) is 5.25. The number of ether oxygens (including phenoxy) is 1. The molecule has 0 saturated heterocycles. The number of carbonyl (C=O) groups excluding carboxylic acids is 3. The number of amides is 3. The van der Waals surface area contributed by atoms with Crippen molar-refractivity contribution in [2.75, 3.05) is 27.7 Å². The Labute approximate surface area is 182 Å². The summed E-state index contributed by atoms with van der Waals surface area (Å²) in [4.78, 5) is 47.4. The summed E-state index contributed by atoms with van der Waals surface area (Å²) in [5.41, 5.74) is 1.34. The molecule has 2 unspecified atom stereocenters. The van der Waals surface area contributed by atoms with Gasteiger partial charge in [-0.15, -0.1) is 0 Å². The van der Waals surface area contributed by atoms with Crippen molar-refractivity contribution in [2.24, 2.45) is 10.9 Å². The lowest BCUT2D eigenvalue weighted by Crippen LogP contribution is -2.45. The summed E-state index contributed by atoms with van der Waals surface area (Å²) in [6.45, 7) is 8.18. The smallest absolute Gasteiger partial charge is 0.410 e. The fourth-order valence-electron chi connectivity index (χ4n) is 3.83. The first-order valence-corrected chi connectivity index (χ1v) is 10.5. The van der Waals surface area contributed by atoms with Crippen molar-refractivity contribution in [3.63, 3.8) is 0 Å². The lowest BCUT2D eigenvalue weighted by Gasteiger charge is -2.34. The predicted octanol–water partition coefficient (Wildman–Crippen LogP) is 1.38. The van der Waals surface area contributed by atoms with Crippen molar-refractivity contribution in [3.8, 4) is 0 Å². The van der Waals surface area contributed by atoms with E-state index >= 15 is 0 Å². The monoisotopic (exact) mass is 432 g/mol. The highest BCUT2D eigenvalue weighted by atomic mass is 16.6. The Kier molecular flexibility index (Phi) is 6.11. The lowest BCUT2D eigenvalue weighted by molar-refractivity contribution is -0.122. The maximum atomic E-state index is 13.2. The molecule has 2 aliphatic heterocycles. The van der Waals surface area contributed by atoms with E-state index < -0.39 is 17.6 Å².